The van der Waals surface area contributed by atoms with E-state index in [0.717, 1.165) is 6.54 Å². The van der Waals surface area contributed by atoms with Gasteiger partial charge in [0.25, 0.3) is 0 Å². The summed E-state index contributed by atoms with van der Waals surface area (Å²) in [6.45, 7) is 4.47. The molecule has 0 aliphatic carbocycles. The van der Waals surface area contributed by atoms with Crippen molar-refractivity contribution in [1.82, 2.24) is 9.80 Å². The molecule has 76 valence electrons. The summed E-state index contributed by atoms with van der Waals surface area (Å²) in [4.78, 5) is 15.4. The number of Topliss-reactive ketones (excluding diaryl/α,β-unsaturated/α-hetero) is 1. The summed E-state index contributed by atoms with van der Waals surface area (Å²) >= 11 is 0. The molecule has 0 aromatic carbocycles. The van der Waals surface area contributed by atoms with Crippen LogP contribution in [0, 0.1) is 0 Å². The van der Waals surface area contributed by atoms with Gasteiger partial charge in [-0.05, 0) is 40.4 Å². The average Bonchev–Trinajstić information content (AvgIpc) is 2.34. The maximum atomic E-state index is 10.9. The number of likely N-dealkylation sites (tertiary alicyclic amines) is 1. The van der Waals surface area contributed by atoms with Crippen molar-refractivity contribution in [2.24, 2.45) is 0 Å². The highest BCUT2D eigenvalue weighted by molar-refractivity contribution is 5.77. The van der Waals surface area contributed by atoms with E-state index in [1.807, 2.05) is 7.05 Å². The van der Waals surface area contributed by atoms with E-state index >= 15 is 0 Å². The normalized spacial score (nSPS) is 24.2. The van der Waals surface area contributed by atoms with Gasteiger partial charge < -0.3 is 4.90 Å². The van der Waals surface area contributed by atoms with E-state index in [4.69, 9.17) is 0 Å². The van der Waals surface area contributed by atoms with Crippen molar-refractivity contribution < 1.29 is 4.79 Å². The first kappa shape index (κ1) is 10.7. The first-order valence-corrected chi connectivity index (χ1v) is 4.98. The Morgan fingerprint density at radius 2 is 2.31 bits per heavy atom. The standard InChI is InChI=1S/C10H20N2O/c1-9(13)7-11(2)8-10-5-4-6-12(10)3/h10H,4-8H2,1-3H3. The molecule has 1 saturated heterocycles. The summed E-state index contributed by atoms with van der Waals surface area (Å²) in [6.07, 6.45) is 2.58. The van der Waals surface area contributed by atoms with Crippen LogP contribution in [0.2, 0.25) is 0 Å². The second-order valence-corrected chi connectivity index (χ2v) is 4.18. The van der Waals surface area contributed by atoms with Gasteiger partial charge in [-0.25, -0.2) is 0 Å². The smallest absolute Gasteiger partial charge is 0.143 e. The molecule has 0 bridgehead atoms. The summed E-state index contributed by atoms with van der Waals surface area (Å²) in [6, 6.07) is 0.657. The van der Waals surface area contributed by atoms with E-state index in [-0.39, 0.29) is 5.78 Å². The van der Waals surface area contributed by atoms with Crippen LogP contribution in [0.15, 0.2) is 0 Å². The lowest BCUT2D eigenvalue weighted by Gasteiger charge is -2.24. The zero-order chi connectivity index (χ0) is 9.84. The van der Waals surface area contributed by atoms with Crippen molar-refractivity contribution in [2.45, 2.75) is 25.8 Å². The minimum absolute atomic E-state index is 0.253. The number of ketones is 1. The van der Waals surface area contributed by atoms with E-state index in [9.17, 15) is 4.79 Å². The molecular formula is C10H20N2O. The van der Waals surface area contributed by atoms with Crippen molar-refractivity contribution in [2.75, 3.05) is 33.7 Å². The second-order valence-electron chi connectivity index (χ2n) is 4.18. The third-order valence-electron chi connectivity index (χ3n) is 2.69. The molecular weight excluding hydrogens is 164 g/mol. The van der Waals surface area contributed by atoms with Gasteiger partial charge in [-0.2, -0.15) is 0 Å². The molecule has 13 heavy (non-hydrogen) atoms. The van der Waals surface area contributed by atoms with Crippen molar-refractivity contribution in [3.05, 3.63) is 0 Å². The Kier molecular flexibility index (Phi) is 3.88. The van der Waals surface area contributed by atoms with Crippen molar-refractivity contribution in [3.63, 3.8) is 0 Å². The molecule has 0 radical (unpaired) electrons. The number of likely N-dealkylation sites (N-methyl/N-ethyl adjacent to an activating group) is 2. The molecule has 3 nitrogen and oxygen atoms in total. The predicted molar refractivity (Wildman–Crippen MR) is 53.8 cm³/mol. The van der Waals surface area contributed by atoms with E-state index in [1.165, 1.54) is 19.4 Å². The fourth-order valence-corrected chi connectivity index (χ4v) is 2.01. The number of rotatable bonds is 4. The highest BCUT2D eigenvalue weighted by Gasteiger charge is 2.21. The molecule has 0 spiro atoms. The van der Waals surface area contributed by atoms with Gasteiger partial charge in [-0.3, -0.25) is 9.69 Å². The fourth-order valence-electron chi connectivity index (χ4n) is 2.01. The molecule has 0 saturated carbocycles. The first-order chi connectivity index (χ1) is 6.09. The molecule has 1 rings (SSSR count). The monoisotopic (exact) mass is 184 g/mol. The van der Waals surface area contributed by atoms with Crippen molar-refractivity contribution in [1.29, 1.82) is 0 Å². The first-order valence-electron chi connectivity index (χ1n) is 4.98. The third kappa shape index (κ3) is 3.44. The summed E-state index contributed by atoms with van der Waals surface area (Å²) < 4.78 is 0. The van der Waals surface area contributed by atoms with Crippen LogP contribution in [0.1, 0.15) is 19.8 Å². The van der Waals surface area contributed by atoms with Crippen LogP contribution in [-0.2, 0) is 4.79 Å². The lowest BCUT2D eigenvalue weighted by atomic mass is 10.2. The van der Waals surface area contributed by atoms with Crippen molar-refractivity contribution >= 4 is 5.78 Å². The molecule has 1 aliphatic rings. The zero-order valence-electron chi connectivity index (χ0n) is 8.92. The van der Waals surface area contributed by atoms with E-state index in [0.29, 0.717) is 12.6 Å². The summed E-state index contributed by atoms with van der Waals surface area (Å²) in [5, 5.41) is 0. The van der Waals surface area contributed by atoms with Crippen molar-refractivity contribution in [3.8, 4) is 0 Å². The van der Waals surface area contributed by atoms with Gasteiger partial charge in [0.2, 0.25) is 0 Å². The van der Waals surface area contributed by atoms with Gasteiger partial charge in [0.05, 0.1) is 6.54 Å². The lowest BCUT2D eigenvalue weighted by Crippen LogP contribution is -2.38. The Labute approximate surface area is 80.7 Å². The SMILES string of the molecule is CC(=O)CN(C)CC1CCCN1C. The molecule has 1 aliphatic heterocycles. The van der Waals surface area contributed by atoms with E-state index < -0.39 is 0 Å². The number of carbonyl (C=O) groups excluding carboxylic acids is 1. The van der Waals surface area contributed by atoms with E-state index in [2.05, 4.69) is 16.8 Å². The quantitative estimate of drug-likeness (QED) is 0.639. The predicted octanol–water partition coefficient (Wildman–Crippen LogP) is 0.601. The molecule has 1 atom stereocenters. The Balaban J connectivity index is 2.26. The zero-order valence-corrected chi connectivity index (χ0v) is 8.92. The molecule has 0 aromatic rings. The van der Waals surface area contributed by atoms with Gasteiger partial charge >= 0.3 is 0 Å². The minimum Gasteiger partial charge on any atom is -0.302 e. The Hall–Kier alpha value is -0.410. The summed E-state index contributed by atoms with van der Waals surface area (Å²) in [5.41, 5.74) is 0. The van der Waals surface area contributed by atoms with Crippen LogP contribution in [0.25, 0.3) is 0 Å². The van der Waals surface area contributed by atoms with Crippen LogP contribution in [-0.4, -0.2) is 55.4 Å². The fraction of sp³-hybridized carbons (Fsp3) is 0.900. The minimum atomic E-state index is 0.253. The maximum absolute atomic E-state index is 10.9. The Morgan fingerprint density at radius 3 is 2.77 bits per heavy atom. The highest BCUT2D eigenvalue weighted by Crippen LogP contribution is 2.15. The topological polar surface area (TPSA) is 23.6 Å². The van der Waals surface area contributed by atoms with Crippen LogP contribution >= 0.6 is 0 Å². The van der Waals surface area contributed by atoms with Gasteiger partial charge in [-0.15, -0.1) is 0 Å². The molecule has 0 aromatic heterocycles. The molecule has 0 amide bonds. The van der Waals surface area contributed by atoms with Gasteiger partial charge in [-0.1, -0.05) is 0 Å². The summed E-state index contributed by atoms with van der Waals surface area (Å²) in [5.74, 6) is 0.253. The largest absolute Gasteiger partial charge is 0.302 e. The number of nitrogens with zero attached hydrogens (tertiary/aromatic N) is 2. The highest BCUT2D eigenvalue weighted by atomic mass is 16.1. The van der Waals surface area contributed by atoms with Crippen LogP contribution in [0.4, 0.5) is 0 Å². The third-order valence-corrected chi connectivity index (χ3v) is 2.69. The van der Waals surface area contributed by atoms with Crippen LogP contribution in [0.3, 0.4) is 0 Å². The molecule has 1 heterocycles. The Bertz CT molecular complexity index is 182. The number of hydrogen-bond acceptors (Lipinski definition) is 3. The van der Waals surface area contributed by atoms with Gasteiger partial charge in [0.1, 0.15) is 5.78 Å². The lowest BCUT2D eigenvalue weighted by molar-refractivity contribution is -0.117. The summed E-state index contributed by atoms with van der Waals surface area (Å²) in [7, 11) is 4.19. The van der Waals surface area contributed by atoms with E-state index in [1.54, 1.807) is 6.92 Å². The Morgan fingerprint density at radius 1 is 1.62 bits per heavy atom. The van der Waals surface area contributed by atoms with Gasteiger partial charge in [0, 0.05) is 12.6 Å². The molecule has 1 unspecified atom stereocenters. The molecule has 3 heteroatoms. The van der Waals surface area contributed by atoms with Gasteiger partial charge in [0.15, 0.2) is 0 Å². The second kappa shape index (κ2) is 4.72. The molecule has 1 fully saturated rings. The average molecular weight is 184 g/mol. The van der Waals surface area contributed by atoms with Crippen LogP contribution in [0.5, 0.6) is 0 Å². The maximum Gasteiger partial charge on any atom is 0.143 e. The molecule has 0 N–H and O–H groups in total. The number of carbonyl (C=O) groups is 1. The van der Waals surface area contributed by atoms with Crippen LogP contribution < -0.4 is 0 Å². The number of hydrogen-bond donors (Lipinski definition) is 0.